The molecular formula is C12H13N3OS. The van der Waals surface area contributed by atoms with E-state index in [4.69, 9.17) is 5.73 Å². The summed E-state index contributed by atoms with van der Waals surface area (Å²) < 4.78 is 0.959. The third-order valence-electron chi connectivity index (χ3n) is 3.01. The van der Waals surface area contributed by atoms with Crippen LogP contribution < -0.4 is 16.2 Å². The fourth-order valence-electron chi connectivity index (χ4n) is 2.12. The smallest absolute Gasteiger partial charge is 0.281 e. The van der Waals surface area contributed by atoms with E-state index in [1.807, 2.05) is 12.1 Å². The van der Waals surface area contributed by atoms with Crippen molar-refractivity contribution in [3.8, 4) is 0 Å². The Labute approximate surface area is 103 Å². The Hall–Kier alpha value is -1.62. The van der Waals surface area contributed by atoms with Crippen LogP contribution >= 0.6 is 11.3 Å². The second kappa shape index (κ2) is 4.00. The molecule has 88 valence electrons. The van der Waals surface area contributed by atoms with Gasteiger partial charge in [0.2, 0.25) is 0 Å². The zero-order chi connectivity index (χ0) is 11.8. The first-order valence-electron chi connectivity index (χ1n) is 5.69. The quantitative estimate of drug-likeness (QED) is 0.781. The number of anilines is 2. The predicted octanol–water partition coefficient (Wildman–Crippen LogP) is 1.84. The van der Waals surface area contributed by atoms with Crippen molar-refractivity contribution < 1.29 is 0 Å². The lowest BCUT2D eigenvalue weighted by molar-refractivity contribution is 0.949. The molecule has 2 aromatic rings. The van der Waals surface area contributed by atoms with Crippen molar-refractivity contribution in [2.75, 3.05) is 23.7 Å². The number of fused-ring (bicyclic) bond motifs is 1. The molecule has 1 aliphatic heterocycles. The van der Waals surface area contributed by atoms with Gasteiger partial charge in [-0.05, 0) is 31.0 Å². The molecule has 5 heteroatoms. The van der Waals surface area contributed by atoms with Crippen LogP contribution in [0.25, 0.3) is 10.1 Å². The Bertz CT molecular complexity index is 617. The molecule has 17 heavy (non-hydrogen) atoms. The van der Waals surface area contributed by atoms with Gasteiger partial charge < -0.3 is 10.6 Å². The average Bonchev–Trinajstić information content (AvgIpc) is 2.83. The summed E-state index contributed by atoms with van der Waals surface area (Å²) in [4.78, 5) is 18.3. The molecule has 2 heterocycles. The number of nitrogens with two attached hydrogens (primary N) is 1. The maximum Gasteiger partial charge on any atom is 0.281 e. The summed E-state index contributed by atoms with van der Waals surface area (Å²) in [5.74, 6) is 0. The molecule has 1 aliphatic rings. The number of hydrogen-bond donors (Lipinski definition) is 1. The van der Waals surface area contributed by atoms with E-state index in [-0.39, 0.29) is 5.56 Å². The largest absolute Gasteiger partial charge is 0.399 e. The van der Waals surface area contributed by atoms with Crippen LogP contribution in [-0.2, 0) is 0 Å². The van der Waals surface area contributed by atoms with Gasteiger partial charge in [0.1, 0.15) is 0 Å². The Morgan fingerprint density at radius 3 is 2.82 bits per heavy atom. The van der Waals surface area contributed by atoms with Crippen LogP contribution in [-0.4, -0.2) is 18.1 Å². The summed E-state index contributed by atoms with van der Waals surface area (Å²) >= 11 is 1.57. The van der Waals surface area contributed by atoms with Gasteiger partial charge in [-0.25, -0.2) is 0 Å². The Balaban J connectivity index is 2.17. The summed E-state index contributed by atoms with van der Waals surface area (Å²) in [6.45, 7) is 2.01. The number of aromatic nitrogens is 1. The van der Waals surface area contributed by atoms with Gasteiger partial charge in [-0.2, -0.15) is 4.98 Å². The molecule has 0 amide bonds. The Morgan fingerprint density at radius 2 is 2.06 bits per heavy atom. The third kappa shape index (κ3) is 1.86. The number of rotatable bonds is 1. The minimum Gasteiger partial charge on any atom is -0.399 e. The highest BCUT2D eigenvalue weighted by atomic mass is 32.1. The van der Waals surface area contributed by atoms with Gasteiger partial charge in [0.25, 0.3) is 5.56 Å². The molecule has 0 bridgehead atoms. The molecule has 4 nitrogen and oxygen atoms in total. The van der Waals surface area contributed by atoms with Gasteiger partial charge in [0.15, 0.2) is 5.13 Å². The van der Waals surface area contributed by atoms with Gasteiger partial charge in [0.05, 0.1) is 5.39 Å². The maximum absolute atomic E-state index is 11.9. The molecule has 0 radical (unpaired) electrons. The molecule has 0 saturated carbocycles. The zero-order valence-corrected chi connectivity index (χ0v) is 10.2. The highest BCUT2D eigenvalue weighted by molar-refractivity contribution is 7.21. The van der Waals surface area contributed by atoms with Crippen LogP contribution in [0, 0.1) is 0 Å². The van der Waals surface area contributed by atoms with Crippen molar-refractivity contribution in [1.82, 2.24) is 4.98 Å². The van der Waals surface area contributed by atoms with E-state index in [0.29, 0.717) is 11.1 Å². The van der Waals surface area contributed by atoms with E-state index >= 15 is 0 Å². The molecule has 3 rings (SSSR count). The summed E-state index contributed by atoms with van der Waals surface area (Å²) in [6, 6.07) is 5.43. The van der Waals surface area contributed by atoms with Crippen molar-refractivity contribution in [1.29, 1.82) is 0 Å². The minimum atomic E-state index is -0.173. The lowest BCUT2D eigenvalue weighted by atomic mass is 10.2. The van der Waals surface area contributed by atoms with E-state index in [1.165, 1.54) is 12.8 Å². The monoisotopic (exact) mass is 247 g/mol. The van der Waals surface area contributed by atoms with Gasteiger partial charge in [-0.3, -0.25) is 4.79 Å². The minimum absolute atomic E-state index is 0.173. The van der Waals surface area contributed by atoms with Gasteiger partial charge in [-0.1, -0.05) is 11.3 Å². The van der Waals surface area contributed by atoms with E-state index in [0.717, 1.165) is 22.9 Å². The SMILES string of the molecule is Nc1ccc2sc(N3CCCC3)nc(=O)c2c1. The van der Waals surface area contributed by atoms with E-state index in [2.05, 4.69) is 9.88 Å². The van der Waals surface area contributed by atoms with Gasteiger partial charge in [0, 0.05) is 23.5 Å². The first-order valence-corrected chi connectivity index (χ1v) is 6.51. The molecule has 1 aromatic carbocycles. The number of benzene rings is 1. The molecule has 1 fully saturated rings. The van der Waals surface area contributed by atoms with Crippen LogP contribution in [0.4, 0.5) is 10.8 Å². The molecule has 1 saturated heterocycles. The lowest BCUT2D eigenvalue weighted by Gasteiger charge is -2.14. The molecule has 0 unspecified atom stereocenters. The fraction of sp³-hybridized carbons (Fsp3) is 0.333. The number of nitrogen functional groups attached to an aromatic ring is 1. The summed E-state index contributed by atoms with van der Waals surface area (Å²) in [6.07, 6.45) is 2.37. The molecular weight excluding hydrogens is 234 g/mol. The maximum atomic E-state index is 11.9. The highest BCUT2D eigenvalue weighted by Gasteiger charge is 2.16. The van der Waals surface area contributed by atoms with Crippen LogP contribution in [0.2, 0.25) is 0 Å². The number of nitrogens with zero attached hydrogens (tertiary/aromatic N) is 2. The summed E-state index contributed by atoms with van der Waals surface area (Å²) in [5, 5.41) is 1.46. The third-order valence-corrected chi connectivity index (χ3v) is 4.12. The lowest BCUT2D eigenvalue weighted by Crippen LogP contribution is -2.21. The first-order chi connectivity index (χ1) is 8.24. The molecule has 1 aromatic heterocycles. The molecule has 2 N–H and O–H groups in total. The number of hydrogen-bond acceptors (Lipinski definition) is 5. The van der Waals surface area contributed by atoms with E-state index in [9.17, 15) is 4.79 Å². The van der Waals surface area contributed by atoms with E-state index in [1.54, 1.807) is 17.4 Å². The first kappa shape index (κ1) is 10.5. The average molecular weight is 247 g/mol. The standard InChI is InChI=1S/C12H13N3OS/c13-8-3-4-10-9(7-8)11(16)14-12(17-10)15-5-1-2-6-15/h3-4,7H,1-2,5-6,13H2. The summed E-state index contributed by atoms with van der Waals surface area (Å²) in [7, 11) is 0. The molecule has 0 spiro atoms. The van der Waals surface area contributed by atoms with Gasteiger partial charge >= 0.3 is 0 Å². The predicted molar refractivity (Wildman–Crippen MR) is 71.7 cm³/mol. The fourth-order valence-corrected chi connectivity index (χ4v) is 3.14. The van der Waals surface area contributed by atoms with Crippen molar-refractivity contribution in [2.24, 2.45) is 0 Å². The van der Waals surface area contributed by atoms with Crippen molar-refractivity contribution in [3.05, 3.63) is 28.6 Å². The second-order valence-electron chi connectivity index (χ2n) is 4.25. The zero-order valence-electron chi connectivity index (χ0n) is 9.35. The van der Waals surface area contributed by atoms with Crippen LogP contribution in [0.3, 0.4) is 0 Å². The molecule has 0 aliphatic carbocycles. The van der Waals surface area contributed by atoms with Crippen LogP contribution in [0.5, 0.6) is 0 Å². The molecule has 0 atom stereocenters. The normalized spacial score (nSPS) is 15.6. The van der Waals surface area contributed by atoms with Crippen LogP contribution in [0.15, 0.2) is 23.0 Å². The second-order valence-corrected chi connectivity index (χ2v) is 5.26. The van der Waals surface area contributed by atoms with E-state index < -0.39 is 0 Å². The highest BCUT2D eigenvalue weighted by Crippen LogP contribution is 2.27. The van der Waals surface area contributed by atoms with Crippen molar-refractivity contribution >= 4 is 32.2 Å². The Kier molecular flexibility index (Phi) is 2.48. The summed E-state index contributed by atoms with van der Waals surface area (Å²) in [5.41, 5.74) is 6.12. The van der Waals surface area contributed by atoms with Crippen LogP contribution in [0.1, 0.15) is 12.8 Å². The Morgan fingerprint density at radius 1 is 1.29 bits per heavy atom. The van der Waals surface area contributed by atoms with Crippen molar-refractivity contribution in [2.45, 2.75) is 12.8 Å². The van der Waals surface area contributed by atoms with Gasteiger partial charge in [-0.15, -0.1) is 0 Å². The topological polar surface area (TPSA) is 59.2 Å². The van der Waals surface area contributed by atoms with Crippen molar-refractivity contribution in [3.63, 3.8) is 0 Å².